The molecule has 3 aromatic rings. The average molecular weight is 521 g/mol. The zero-order valence-electron chi connectivity index (χ0n) is 21.9. The fourth-order valence-corrected chi connectivity index (χ4v) is 3.86. The number of aromatic hydroxyl groups is 1. The number of benzene rings is 3. The van der Waals surface area contributed by atoms with Crippen LogP contribution in [0.5, 0.6) is 5.75 Å². The Balaban J connectivity index is 1.66. The molecule has 0 aliphatic rings. The van der Waals surface area contributed by atoms with E-state index in [1.165, 1.54) is 0 Å². The number of hydrogen-bond acceptors (Lipinski definition) is 4. The van der Waals surface area contributed by atoms with E-state index >= 15 is 0 Å². The first-order valence-electron chi connectivity index (χ1n) is 11.9. The molecule has 0 aliphatic heterocycles. The lowest BCUT2D eigenvalue weighted by Gasteiger charge is -2.27. The second-order valence-corrected chi connectivity index (χ2v) is 11.3. The third kappa shape index (κ3) is 7.57. The predicted molar refractivity (Wildman–Crippen MR) is 151 cm³/mol. The minimum Gasteiger partial charge on any atom is -0.507 e. The number of hydrazone groups is 1. The molecule has 0 atom stereocenters. The van der Waals surface area contributed by atoms with E-state index < -0.39 is 11.9 Å². The lowest BCUT2D eigenvalue weighted by atomic mass is 9.78. The smallest absolute Gasteiger partial charge is 0.323 e. The van der Waals surface area contributed by atoms with Crippen molar-refractivity contribution in [2.24, 2.45) is 5.10 Å². The van der Waals surface area contributed by atoms with E-state index in [9.17, 15) is 14.7 Å². The second kappa shape index (κ2) is 11.0. The molecule has 3 aromatic carbocycles. The number of rotatable bonds is 5. The standard InChI is InChI=1S/C29H33ClN4O3/c1-28(2,3)23-14-18(15-24(25(23)35)29(4,5)6)17-31-34-26(36)19-10-12-21(13-11-19)32-27(37)33-22-9-7-8-20(30)16-22/h7-17,35H,1-6H3,(H,34,36)(H2,32,33,37). The van der Waals surface area contributed by atoms with Crippen LogP contribution in [0.2, 0.25) is 5.02 Å². The molecule has 0 aromatic heterocycles. The monoisotopic (exact) mass is 520 g/mol. The number of phenolic OH excluding ortho intramolecular Hbond substituents is 1. The topological polar surface area (TPSA) is 103 Å². The van der Waals surface area contributed by atoms with Gasteiger partial charge < -0.3 is 15.7 Å². The van der Waals surface area contributed by atoms with Crippen LogP contribution in [-0.2, 0) is 10.8 Å². The summed E-state index contributed by atoms with van der Waals surface area (Å²) in [6.07, 6.45) is 1.57. The van der Waals surface area contributed by atoms with Crippen LogP contribution in [0, 0.1) is 0 Å². The highest BCUT2D eigenvalue weighted by Crippen LogP contribution is 2.39. The van der Waals surface area contributed by atoms with Crippen LogP contribution in [0.15, 0.2) is 65.8 Å². The number of nitrogens with zero attached hydrogens (tertiary/aromatic N) is 1. The molecule has 0 saturated carbocycles. The van der Waals surface area contributed by atoms with Gasteiger partial charge in [-0.15, -0.1) is 0 Å². The summed E-state index contributed by atoms with van der Waals surface area (Å²) < 4.78 is 0. The van der Waals surface area contributed by atoms with Gasteiger partial charge in [-0.1, -0.05) is 59.2 Å². The molecule has 0 bridgehead atoms. The Kier molecular flexibility index (Phi) is 8.28. The first kappa shape index (κ1) is 27.7. The minimum atomic E-state index is -0.429. The van der Waals surface area contributed by atoms with Gasteiger partial charge in [0.1, 0.15) is 5.75 Å². The maximum Gasteiger partial charge on any atom is 0.323 e. The lowest BCUT2D eigenvalue weighted by Crippen LogP contribution is -2.20. The number of nitrogens with one attached hydrogen (secondary N) is 3. The van der Waals surface area contributed by atoms with Crippen molar-refractivity contribution in [3.8, 4) is 5.75 Å². The van der Waals surface area contributed by atoms with Crippen molar-refractivity contribution in [1.29, 1.82) is 0 Å². The number of carbonyl (C=O) groups excluding carboxylic acids is 2. The Morgan fingerprint density at radius 3 is 1.95 bits per heavy atom. The first-order chi connectivity index (χ1) is 17.2. The van der Waals surface area contributed by atoms with Crippen molar-refractivity contribution in [3.63, 3.8) is 0 Å². The SMILES string of the molecule is CC(C)(C)c1cc(C=NNC(=O)c2ccc(NC(=O)Nc3cccc(Cl)c3)cc2)cc(C(C)(C)C)c1O. The van der Waals surface area contributed by atoms with E-state index in [2.05, 4.69) is 21.2 Å². The number of anilines is 2. The van der Waals surface area contributed by atoms with Crippen LogP contribution in [0.1, 0.15) is 68.6 Å². The van der Waals surface area contributed by atoms with Gasteiger partial charge in [0, 0.05) is 33.1 Å². The fraction of sp³-hybridized carbons (Fsp3) is 0.276. The maximum atomic E-state index is 12.6. The summed E-state index contributed by atoms with van der Waals surface area (Å²) in [5.41, 5.74) is 5.88. The highest BCUT2D eigenvalue weighted by Gasteiger charge is 2.26. The van der Waals surface area contributed by atoms with Crippen molar-refractivity contribution in [2.75, 3.05) is 10.6 Å². The van der Waals surface area contributed by atoms with Crippen molar-refractivity contribution in [3.05, 3.63) is 87.9 Å². The van der Waals surface area contributed by atoms with E-state index in [4.69, 9.17) is 11.6 Å². The Morgan fingerprint density at radius 1 is 0.838 bits per heavy atom. The van der Waals surface area contributed by atoms with Crippen molar-refractivity contribution < 1.29 is 14.7 Å². The van der Waals surface area contributed by atoms with Gasteiger partial charge in [0.2, 0.25) is 0 Å². The van der Waals surface area contributed by atoms with Crippen LogP contribution in [0.4, 0.5) is 16.2 Å². The zero-order valence-corrected chi connectivity index (χ0v) is 22.7. The summed E-state index contributed by atoms with van der Waals surface area (Å²) in [5.74, 6) is -0.104. The Morgan fingerprint density at radius 2 is 1.41 bits per heavy atom. The van der Waals surface area contributed by atoms with Crippen LogP contribution in [0.3, 0.4) is 0 Å². The highest BCUT2D eigenvalue weighted by molar-refractivity contribution is 6.30. The van der Waals surface area contributed by atoms with E-state index in [0.29, 0.717) is 22.0 Å². The molecule has 0 radical (unpaired) electrons. The predicted octanol–water partition coefficient (Wildman–Crippen LogP) is 7.05. The molecule has 0 spiro atoms. The number of phenols is 1. The molecule has 3 amide bonds. The van der Waals surface area contributed by atoms with Crippen molar-refractivity contribution in [1.82, 2.24) is 5.43 Å². The molecule has 0 aliphatic carbocycles. The van der Waals surface area contributed by atoms with E-state index in [1.807, 2.05) is 53.7 Å². The summed E-state index contributed by atoms with van der Waals surface area (Å²) in [6, 6.07) is 16.6. The largest absolute Gasteiger partial charge is 0.507 e. The van der Waals surface area contributed by atoms with Crippen LogP contribution in [0.25, 0.3) is 0 Å². The summed E-state index contributed by atoms with van der Waals surface area (Å²) in [5, 5.41) is 20.9. The molecule has 0 saturated heterocycles. The molecule has 194 valence electrons. The van der Waals surface area contributed by atoms with Crippen molar-refractivity contribution in [2.45, 2.75) is 52.4 Å². The van der Waals surface area contributed by atoms with E-state index in [0.717, 1.165) is 16.7 Å². The molecular weight excluding hydrogens is 488 g/mol. The highest BCUT2D eigenvalue weighted by atomic mass is 35.5. The van der Waals surface area contributed by atoms with E-state index in [-0.39, 0.29) is 16.6 Å². The van der Waals surface area contributed by atoms with Crippen molar-refractivity contribution >= 4 is 41.1 Å². The molecule has 0 heterocycles. The minimum absolute atomic E-state index is 0.266. The number of hydrogen-bond donors (Lipinski definition) is 4. The zero-order chi connectivity index (χ0) is 27.4. The number of carbonyl (C=O) groups is 2. The lowest BCUT2D eigenvalue weighted by molar-refractivity contribution is 0.0955. The molecule has 4 N–H and O–H groups in total. The second-order valence-electron chi connectivity index (χ2n) is 10.8. The van der Waals surface area contributed by atoms with Gasteiger partial charge in [-0.2, -0.15) is 5.10 Å². The fourth-order valence-electron chi connectivity index (χ4n) is 3.67. The average Bonchev–Trinajstić information content (AvgIpc) is 2.78. The summed E-state index contributed by atoms with van der Waals surface area (Å²) in [7, 11) is 0. The Labute approximate surface area is 222 Å². The van der Waals surface area contributed by atoms with Gasteiger partial charge in [0.05, 0.1) is 6.21 Å². The third-order valence-corrected chi connectivity index (χ3v) is 5.85. The molecule has 7 nitrogen and oxygen atoms in total. The normalized spacial score (nSPS) is 11.9. The van der Waals surface area contributed by atoms with Gasteiger partial charge in [-0.3, -0.25) is 4.79 Å². The quantitative estimate of drug-likeness (QED) is 0.214. The van der Waals surface area contributed by atoms with Crippen LogP contribution < -0.4 is 16.1 Å². The number of amides is 3. The van der Waals surface area contributed by atoms with Gasteiger partial charge in [-0.05, 0) is 71.0 Å². The number of halogens is 1. The van der Waals surface area contributed by atoms with Gasteiger partial charge >= 0.3 is 6.03 Å². The van der Waals surface area contributed by atoms with Gasteiger partial charge in [-0.25, -0.2) is 10.2 Å². The molecule has 0 fully saturated rings. The molecular formula is C29H33ClN4O3. The summed E-state index contributed by atoms with van der Waals surface area (Å²) >= 11 is 5.93. The molecule has 0 unspecified atom stereocenters. The molecule has 37 heavy (non-hydrogen) atoms. The first-order valence-corrected chi connectivity index (χ1v) is 12.3. The summed E-state index contributed by atoms with van der Waals surface area (Å²) in [4.78, 5) is 24.8. The maximum absolute atomic E-state index is 12.6. The molecule has 8 heteroatoms. The molecule has 3 rings (SSSR count). The van der Waals surface area contributed by atoms with Gasteiger partial charge in [0.25, 0.3) is 5.91 Å². The Bertz CT molecular complexity index is 1290. The van der Waals surface area contributed by atoms with Gasteiger partial charge in [0.15, 0.2) is 0 Å². The summed E-state index contributed by atoms with van der Waals surface area (Å²) in [6.45, 7) is 12.2. The Hall–Kier alpha value is -3.84. The van der Waals surface area contributed by atoms with Crippen LogP contribution in [-0.4, -0.2) is 23.3 Å². The van der Waals surface area contributed by atoms with E-state index in [1.54, 1.807) is 54.7 Å². The van der Waals surface area contributed by atoms with Crippen LogP contribution >= 0.6 is 11.6 Å². The number of urea groups is 1. The third-order valence-electron chi connectivity index (χ3n) is 5.62.